The third-order valence-electron chi connectivity index (χ3n) is 5.81. The summed E-state index contributed by atoms with van der Waals surface area (Å²) in [5.74, 6) is -0.134. The molecule has 3 nitrogen and oxygen atoms in total. The average Bonchev–Trinajstić information content (AvgIpc) is 2.74. The molecule has 4 heteroatoms. The largest absolute Gasteiger partial charge is 0.466 e. The van der Waals surface area contributed by atoms with Gasteiger partial charge in [-0.05, 0) is 48.9 Å². The normalized spacial score (nSPS) is 22.6. The monoisotopic (exact) mass is 395 g/mol. The molecular weight excluding hydrogens is 365 g/mol. The van der Waals surface area contributed by atoms with Gasteiger partial charge in [0.1, 0.15) is 5.82 Å². The van der Waals surface area contributed by atoms with Crippen LogP contribution in [0.2, 0.25) is 0 Å². The van der Waals surface area contributed by atoms with Gasteiger partial charge in [-0.15, -0.1) is 6.58 Å². The Hall–Kier alpha value is -2.46. The Kier molecular flexibility index (Phi) is 7.59. The van der Waals surface area contributed by atoms with Crippen LogP contribution in [0.5, 0.6) is 0 Å². The number of rotatable bonds is 8. The Morgan fingerprint density at radius 3 is 2.59 bits per heavy atom. The summed E-state index contributed by atoms with van der Waals surface area (Å²) in [7, 11) is 0. The molecule has 0 radical (unpaired) electrons. The summed E-state index contributed by atoms with van der Waals surface area (Å²) in [6, 6.07) is 17.1. The van der Waals surface area contributed by atoms with Crippen LogP contribution in [0.25, 0.3) is 0 Å². The predicted molar refractivity (Wildman–Crippen MR) is 114 cm³/mol. The first-order valence-corrected chi connectivity index (χ1v) is 10.5. The second-order valence-electron chi connectivity index (χ2n) is 7.67. The number of hydrogen-bond acceptors (Lipinski definition) is 3. The highest BCUT2D eigenvalue weighted by Gasteiger charge is 2.36. The molecule has 0 bridgehead atoms. The topological polar surface area (TPSA) is 38.3 Å². The van der Waals surface area contributed by atoms with Gasteiger partial charge in [0.15, 0.2) is 0 Å². The molecule has 4 unspecified atom stereocenters. The number of carbonyl (C=O) groups is 1. The molecule has 1 saturated carbocycles. The molecule has 1 aliphatic carbocycles. The lowest BCUT2D eigenvalue weighted by Gasteiger charge is -2.40. The summed E-state index contributed by atoms with van der Waals surface area (Å²) >= 11 is 0. The molecule has 0 amide bonds. The van der Waals surface area contributed by atoms with Crippen molar-refractivity contribution in [1.82, 2.24) is 5.32 Å². The molecule has 1 aliphatic rings. The number of benzene rings is 2. The fourth-order valence-electron chi connectivity index (χ4n) is 4.52. The van der Waals surface area contributed by atoms with Crippen molar-refractivity contribution in [1.29, 1.82) is 0 Å². The van der Waals surface area contributed by atoms with E-state index in [9.17, 15) is 9.18 Å². The van der Waals surface area contributed by atoms with Crippen molar-refractivity contribution in [3.63, 3.8) is 0 Å². The van der Waals surface area contributed by atoms with Crippen LogP contribution >= 0.6 is 0 Å². The summed E-state index contributed by atoms with van der Waals surface area (Å²) in [6.07, 6.45) is 5.31. The summed E-state index contributed by atoms with van der Waals surface area (Å²) in [4.78, 5) is 12.2. The Balaban J connectivity index is 1.87. The van der Waals surface area contributed by atoms with Crippen LogP contribution in [0, 0.1) is 11.7 Å². The van der Waals surface area contributed by atoms with Crippen molar-refractivity contribution >= 4 is 5.97 Å². The number of nitrogens with one attached hydrogen (secondary N) is 1. The van der Waals surface area contributed by atoms with E-state index in [1.54, 1.807) is 0 Å². The Labute approximate surface area is 173 Å². The van der Waals surface area contributed by atoms with Crippen molar-refractivity contribution in [2.45, 2.75) is 50.6 Å². The fourth-order valence-corrected chi connectivity index (χ4v) is 4.52. The molecule has 2 aromatic carbocycles. The van der Waals surface area contributed by atoms with E-state index in [0.717, 1.165) is 30.4 Å². The zero-order valence-electron chi connectivity index (χ0n) is 17.0. The number of carbonyl (C=O) groups excluding carboxylic acids is 1. The number of ether oxygens (including phenoxy) is 1. The SMILES string of the molecule is C=CC(NC1CCCC(CC(=O)OCC)C1c1ccc(F)cc1)c1ccccc1. The molecule has 4 atom stereocenters. The van der Waals surface area contributed by atoms with Crippen LogP contribution in [0.3, 0.4) is 0 Å². The molecule has 0 saturated heterocycles. The minimum atomic E-state index is -0.246. The smallest absolute Gasteiger partial charge is 0.306 e. The van der Waals surface area contributed by atoms with Crippen LogP contribution in [-0.4, -0.2) is 18.6 Å². The molecule has 0 heterocycles. The Morgan fingerprint density at radius 1 is 1.21 bits per heavy atom. The van der Waals surface area contributed by atoms with Crippen molar-refractivity contribution in [2.75, 3.05) is 6.61 Å². The minimum Gasteiger partial charge on any atom is -0.466 e. The van der Waals surface area contributed by atoms with Gasteiger partial charge in [0, 0.05) is 18.4 Å². The van der Waals surface area contributed by atoms with Gasteiger partial charge in [-0.25, -0.2) is 4.39 Å². The van der Waals surface area contributed by atoms with E-state index in [0.29, 0.717) is 13.0 Å². The van der Waals surface area contributed by atoms with Gasteiger partial charge in [-0.1, -0.05) is 55.0 Å². The zero-order chi connectivity index (χ0) is 20.6. The van der Waals surface area contributed by atoms with Crippen molar-refractivity contribution < 1.29 is 13.9 Å². The van der Waals surface area contributed by atoms with E-state index in [1.165, 1.54) is 12.1 Å². The van der Waals surface area contributed by atoms with Crippen LogP contribution in [0.4, 0.5) is 4.39 Å². The van der Waals surface area contributed by atoms with Crippen molar-refractivity contribution in [2.24, 2.45) is 5.92 Å². The highest BCUT2D eigenvalue weighted by molar-refractivity contribution is 5.69. The molecule has 1 fully saturated rings. The summed E-state index contributed by atoms with van der Waals surface area (Å²) < 4.78 is 18.8. The fraction of sp³-hybridized carbons (Fsp3) is 0.400. The molecular formula is C25H30FNO2. The average molecular weight is 396 g/mol. The highest BCUT2D eigenvalue weighted by atomic mass is 19.1. The number of esters is 1. The van der Waals surface area contributed by atoms with Gasteiger partial charge in [-0.3, -0.25) is 4.79 Å². The maximum absolute atomic E-state index is 13.5. The summed E-state index contributed by atoms with van der Waals surface area (Å²) in [6.45, 7) is 6.24. The van der Waals surface area contributed by atoms with Gasteiger partial charge in [0.2, 0.25) is 0 Å². The number of hydrogen-bond donors (Lipinski definition) is 1. The maximum Gasteiger partial charge on any atom is 0.306 e. The van der Waals surface area contributed by atoms with E-state index in [4.69, 9.17) is 4.74 Å². The maximum atomic E-state index is 13.5. The molecule has 0 aromatic heterocycles. The van der Waals surface area contributed by atoms with Gasteiger partial charge in [-0.2, -0.15) is 0 Å². The first-order valence-electron chi connectivity index (χ1n) is 10.5. The predicted octanol–water partition coefficient (Wildman–Crippen LogP) is 5.55. The second-order valence-corrected chi connectivity index (χ2v) is 7.67. The molecule has 29 heavy (non-hydrogen) atoms. The third-order valence-corrected chi connectivity index (χ3v) is 5.81. The highest BCUT2D eigenvalue weighted by Crippen LogP contribution is 2.41. The molecule has 0 aliphatic heterocycles. The van der Waals surface area contributed by atoms with Crippen LogP contribution in [-0.2, 0) is 9.53 Å². The van der Waals surface area contributed by atoms with E-state index in [2.05, 4.69) is 24.0 Å². The lowest BCUT2D eigenvalue weighted by molar-refractivity contribution is -0.144. The molecule has 2 aromatic rings. The molecule has 0 spiro atoms. The first kappa shape index (κ1) is 21.3. The van der Waals surface area contributed by atoms with Gasteiger partial charge in [0.25, 0.3) is 0 Å². The lowest BCUT2D eigenvalue weighted by Crippen LogP contribution is -2.43. The molecule has 3 rings (SSSR count). The van der Waals surface area contributed by atoms with E-state index < -0.39 is 0 Å². The van der Waals surface area contributed by atoms with Crippen LogP contribution in [0.15, 0.2) is 67.3 Å². The quantitative estimate of drug-likeness (QED) is 0.470. The molecule has 1 N–H and O–H groups in total. The standard InChI is InChI=1S/C25H30FNO2/c1-3-22(18-9-6-5-7-10-18)27-23-12-8-11-20(17-24(28)29-4-2)25(23)19-13-15-21(26)16-14-19/h3,5-7,9-10,13-16,20,22-23,25,27H,1,4,8,11-12,17H2,2H3. The van der Waals surface area contributed by atoms with Gasteiger partial charge in [0.05, 0.1) is 12.6 Å². The van der Waals surface area contributed by atoms with E-state index in [1.807, 2.05) is 43.3 Å². The minimum absolute atomic E-state index is 0.0190. The second kappa shape index (κ2) is 10.4. The lowest BCUT2D eigenvalue weighted by atomic mass is 9.70. The number of halogens is 1. The third kappa shape index (κ3) is 5.54. The van der Waals surface area contributed by atoms with Crippen LogP contribution in [0.1, 0.15) is 55.7 Å². The van der Waals surface area contributed by atoms with Crippen molar-refractivity contribution in [3.8, 4) is 0 Å². The van der Waals surface area contributed by atoms with Crippen molar-refractivity contribution in [3.05, 3.63) is 84.2 Å². The van der Waals surface area contributed by atoms with Crippen LogP contribution < -0.4 is 5.32 Å². The first-order chi connectivity index (χ1) is 14.1. The Bertz CT molecular complexity index is 790. The molecule has 154 valence electrons. The van der Waals surface area contributed by atoms with Gasteiger partial charge < -0.3 is 10.1 Å². The summed E-state index contributed by atoms with van der Waals surface area (Å²) in [5, 5.41) is 3.76. The van der Waals surface area contributed by atoms with Gasteiger partial charge >= 0.3 is 5.97 Å². The summed E-state index contributed by atoms with van der Waals surface area (Å²) in [5.41, 5.74) is 2.22. The van der Waals surface area contributed by atoms with E-state index >= 15 is 0 Å². The zero-order valence-corrected chi connectivity index (χ0v) is 17.0. The Morgan fingerprint density at radius 2 is 1.93 bits per heavy atom. The van der Waals surface area contributed by atoms with E-state index in [-0.39, 0.29) is 35.7 Å².